The number of amides is 1. The highest BCUT2D eigenvalue weighted by Gasteiger charge is 2.16. The highest BCUT2D eigenvalue weighted by Crippen LogP contribution is 2.17. The monoisotopic (exact) mass is 333 g/mol. The Hall–Kier alpha value is -3.16. The minimum atomic E-state index is -1.23. The van der Waals surface area contributed by atoms with Crippen LogP contribution in [0.1, 0.15) is 16.2 Å². The quantitative estimate of drug-likeness (QED) is 0.797. The van der Waals surface area contributed by atoms with Gasteiger partial charge < -0.3 is 9.84 Å². The molecule has 0 atom stereocenters. The number of halogens is 3. The van der Waals surface area contributed by atoms with Gasteiger partial charge in [0.1, 0.15) is 5.82 Å². The lowest BCUT2D eigenvalue weighted by Crippen LogP contribution is -2.24. The molecule has 0 aliphatic rings. The van der Waals surface area contributed by atoms with Crippen molar-refractivity contribution in [1.29, 1.82) is 0 Å². The summed E-state index contributed by atoms with van der Waals surface area (Å²) in [5, 5.41) is 6.02. The first-order valence-corrected chi connectivity index (χ1v) is 6.85. The van der Waals surface area contributed by atoms with Crippen molar-refractivity contribution in [3.63, 3.8) is 0 Å². The maximum atomic E-state index is 13.5. The maximum Gasteiger partial charge on any atom is 0.257 e. The molecule has 1 N–H and O–H groups in total. The zero-order chi connectivity index (χ0) is 17.1. The van der Waals surface area contributed by atoms with Gasteiger partial charge in [0, 0.05) is 5.56 Å². The highest BCUT2D eigenvalue weighted by molar-refractivity contribution is 5.94. The van der Waals surface area contributed by atoms with Gasteiger partial charge in [0.15, 0.2) is 17.5 Å². The Bertz CT molecular complexity index is 879. The van der Waals surface area contributed by atoms with Gasteiger partial charge in [-0.25, -0.2) is 13.2 Å². The smallest absolute Gasteiger partial charge is 0.257 e. The molecule has 122 valence electrons. The number of hydrogen-bond acceptors (Lipinski definition) is 4. The van der Waals surface area contributed by atoms with Gasteiger partial charge in [0.25, 0.3) is 11.8 Å². The van der Waals surface area contributed by atoms with Gasteiger partial charge in [-0.05, 0) is 36.4 Å². The minimum Gasteiger partial charge on any atom is -0.345 e. The molecule has 3 rings (SSSR count). The third kappa shape index (κ3) is 3.27. The van der Waals surface area contributed by atoms with Gasteiger partial charge in [0.2, 0.25) is 0 Å². The average Bonchev–Trinajstić information content (AvgIpc) is 3.05. The molecule has 0 saturated carbocycles. The average molecular weight is 333 g/mol. The van der Waals surface area contributed by atoms with Crippen LogP contribution in [0.2, 0.25) is 0 Å². The van der Waals surface area contributed by atoms with Crippen molar-refractivity contribution in [2.75, 3.05) is 0 Å². The van der Waals surface area contributed by atoms with Gasteiger partial charge >= 0.3 is 0 Å². The Morgan fingerprint density at radius 2 is 1.83 bits per heavy atom. The fraction of sp³-hybridized carbons (Fsp3) is 0.0625. The molecule has 0 fully saturated rings. The van der Waals surface area contributed by atoms with Crippen molar-refractivity contribution in [3.05, 3.63) is 71.3 Å². The van der Waals surface area contributed by atoms with Crippen molar-refractivity contribution in [2.24, 2.45) is 0 Å². The number of benzene rings is 2. The van der Waals surface area contributed by atoms with Gasteiger partial charge in [0.05, 0.1) is 12.1 Å². The van der Waals surface area contributed by atoms with Crippen LogP contribution in [0.3, 0.4) is 0 Å². The van der Waals surface area contributed by atoms with Crippen molar-refractivity contribution < 1.29 is 22.5 Å². The van der Waals surface area contributed by atoms with Crippen LogP contribution < -0.4 is 5.32 Å². The number of aromatic nitrogens is 2. The molecule has 0 aliphatic carbocycles. The van der Waals surface area contributed by atoms with Gasteiger partial charge in [-0.1, -0.05) is 11.2 Å². The molecule has 0 saturated heterocycles. The fourth-order valence-electron chi connectivity index (χ4n) is 1.97. The Morgan fingerprint density at radius 1 is 1.08 bits per heavy atom. The summed E-state index contributed by atoms with van der Waals surface area (Å²) in [5.41, 5.74) is 0.0925. The first-order valence-electron chi connectivity index (χ1n) is 6.85. The Morgan fingerprint density at radius 3 is 2.58 bits per heavy atom. The van der Waals surface area contributed by atoms with E-state index in [-0.39, 0.29) is 18.3 Å². The molecule has 5 nitrogen and oxygen atoms in total. The summed E-state index contributed by atoms with van der Waals surface area (Å²) in [4.78, 5) is 15.9. The van der Waals surface area contributed by atoms with E-state index >= 15 is 0 Å². The largest absolute Gasteiger partial charge is 0.345 e. The van der Waals surface area contributed by atoms with Crippen LogP contribution in [-0.2, 0) is 6.54 Å². The van der Waals surface area contributed by atoms with Crippen LogP contribution >= 0.6 is 0 Å². The first kappa shape index (κ1) is 15.7. The molecular formula is C16H10F3N3O2. The summed E-state index contributed by atoms with van der Waals surface area (Å²) in [6.45, 7) is -0.139. The summed E-state index contributed by atoms with van der Waals surface area (Å²) < 4.78 is 44.5. The molecule has 0 radical (unpaired) electrons. The second-order valence-corrected chi connectivity index (χ2v) is 4.81. The third-order valence-corrected chi connectivity index (χ3v) is 3.16. The lowest BCUT2D eigenvalue weighted by Gasteiger charge is -2.04. The predicted octanol–water partition coefficient (Wildman–Crippen LogP) is 3.08. The van der Waals surface area contributed by atoms with E-state index in [2.05, 4.69) is 15.5 Å². The molecule has 1 heterocycles. The third-order valence-electron chi connectivity index (χ3n) is 3.16. The summed E-state index contributed by atoms with van der Waals surface area (Å²) in [6, 6.07) is 8.73. The van der Waals surface area contributed by atoms with Gasteiger partial charge in [-0.2, -0.15) is 4.98 Å². The predicted molar refractivity (Wildman–Crippen MR) is 77.2 cm³/mol. The van der Waals surface area contributed by atoms with Crippen molar-refractivity contribution >= 4 is 5.91 Å². The number of rotatable bonds is 4. The normalized spacial score (nSPS) is 10.6. The zero-order valence-corrected chi connectivity index (χ0v) is 12.1. The number of hydrogen-bond donors (Lipinski definition) is 1. The molecule has 0 spiro atoms. The number of carbonyl (C=O) groups excluding carboxylic acids is 1. The highest BCUT2D eigenvalue weighted by atomic mass is 19.2. The maximum absolute atomic E-state index is 13.5. The first-order chi connectivity index (χ1) is 11.5. The molecule has 1 amide bonds. The standard InChI is InChI=1S/C16H10F3N3O2/c17-10-6-4-9(5-7-10)16-21-13(22-24-16)8-20-15(23)11-2-1-3-12(18)14(11)19/h1-7H,8H2,(H,20,23). The zero-order valence-electron chi connectivity index (χ0n) is 12.1. The summed E-state index contributed by atoms with van der Waals surface area (Å²) >= 11 is 0. The van der Waals surface area contributed by atoms with Gasteiger partial charge in [-0.3, -0.25) is 4.79 Å². The van der Waals surface area contributed by atoms with E-state index in [1.54, 1.807) is 0 Å². The lowest BCUT2D eigenvalue weighted by atomic mass is 10.2. The van der Waals surface area contributed by atoms with Crippen LogP contribution in [0.25, 0.3) is 11.5 Å². The molecule has 2 aromatic carbocycles. The summed E-state index contributed by atoms with van der Waals surface area (Å²) in [6.07, 6.45) is 0. The lowest BCUT2D eigenvalue weighted by molar-refractivity contribution is 0.0944. The van der Waals surface area contributed by atoms with E-state index in [9.17, 15) is 18.0 Å². The number of nitrogens with zero attached hydrogens (tertiary/aromatic N) is 2. The molecule has 0 unspecified atom stereocenters. The topological polar surface area (TPSA) is 68.0 Å². The second kappa shape index (κ2) is 6.53. The van der Waals surface area contributed by atoms with E-state index in [4.69, 9.17) is 4.52 Å². The molecule has 0 bridgehead atoms. The van der Waals surface area contributed by atoms with Crippen molar-refractivity contribution in [1.82, 2.24) is 15.5 Å². The molecule has 0 aliphatic heterocycles. The van der Waals surface area contributed by atoms with Gasteiger partial charge in [-0.15, -0.1) is 0 Å². The Labute approximate surface area is 134 Å². The SMILES string of the molecule is O=C(NCc1noc(-c2ccc(F)cc2)n1)c1cccc(F)c1F. The molecule has 8 heteroatoms. The Kier molecular flexibility index (Phi) is 4.28. The fourth-order valence-corrected chi connectivity index (χ4v) is 1.97. The van der Waals surface area contributed by atoms with E-state index in [1.807, 2.05) is 0 Å². The molecular weight excluding hydrogens is 323 g/mol. The van der Waals surface area contributed by atoms with Crippen LogP contribution in [-0.4, -0.2) is 16.0 Å². The molecule has 24 heavy (non-hydrogen) atoms. The molecule has 1 aromatic heterocycles. The van der Waals surface area contributed by atoms with E-state index < -0.39 is 28.9 Å². The van der Waals surface area contributed by atoms with Crippen LogP contribution in [0.15, 0.2) is 47.0 Å². The van der Waals surface area contributed by atoms with E-state index in [1.165, 1.54) is 30.3 Å². The van der Waals surface area contributed by atoms with E-state index in [0.29, 0.717) is 5.56 Å². The van der Waals surface area contributed by atoms with Crippen LogP contribution in [0.5, 0.6) is 0 Å². The van der Waals surface area contributed by atoms with Crippen molar-refractivity contribution in [2.45, 2.75) is 6.54 Å². The minimum absolute atomic E-state index is 0.138. The van der Waals surface area contributed by atoms with Crippen LogP contribution in [0.4, 0.5) is 13.2 Å². The number of carbonyl (C=O) groups is 1. The van der Waals surface area contributed by atoms with Crippen molar-refractivity contribution in [3.8, 4) is 11.5 Å². The van der Waals surface area contributed by atoms with E-state index in [0.717, 1.165) is 12.1 Å². The second-order valence-electron chi connectivity index (χ2n) is 4.81. The Balaban J connectivity index is 1.68. The van der Waals surface area contributed by atoms with Crippen LogP contribution in [0, 0.1) is 17.5 Å². The summed E-state index contributed by atoms with van der Waals surface area (Å²) in [7, 11) is 0. The molecule has 3 aromatic rings. The number of nitrogens with one attached hydrogen (secondary N) is 1. The summed E-state index contributed by atoms with van der Waals surface area (Å²) in [5.74, 6) is -3.26.